The highest BCUT2D eigenvalue weighted by Crippen LogP contribution is 2.39. The van der Waals surface area contributed by atoms with Crippen molar-refractivity contribution in [2.75, 3.05) is 6.54 Å². The van der Waals surface area contributed by atoms with Gasteiger partial charge in [-0.3, -0.25) is 10.00 Å². The Kier molecular flexibility index (Phi) is 4.12. The van der Waals surface area contributed by atoms with Crippen molar-refractivity contribution in [2.45, 2.75) is 70.4 Å². The van der Waals surface area contributed by atoms with Crippen LogP contribution in [0, 0.1) is 0 Å². The van der Waals surface area contributed by atoms with Gasteiger partial charge >= 0.3 is 0 Å². The molecule has 1 aliphatic heterocycles. The minimum Gasteiger partial charge on any atom is -0.317 e. The molecule has 1 saturated carbocycles. The second kappa shape index (κ2) is 6.27. The van der Waals surface area contributed by atoms with E-state index >= 15 is 0 Å². The monoisotopic (exact) mass is 329 g/mol. The molecule has 0 amide bonds. The Morgan fingerprint density at radius 3 is 2.71 bits per heavy atom. The molecule has 1 N–H and O–H groups in total. The van der Waals surface area contributed by atoms with Crippen molar-refractivity contribution < 1.29 is 0 Å². The number of rotatable bonds is 5. The molecule has 4 rings (SSSR count). The van der Waals surface area contributed by atoms with Crippen LogP contribution >= 0.6 is 0 Å². The Labute approximate surface area is 142 Å². The van der Waals surface area contributed by atoms with E-state index in [1.165, 1.54) is 25.7 Å². The van der Waals surface area contributed by atoms with Crippen LogP contribution in [0.4, 0.5) is 0 Å². The van der Waals surface area contributed by atoms with Gasteiger partial charge < -0.3 is 4.57 Å². The van der Waals surface area contributed by atoms with Crippen molar-refractivity contribution >= 4 is 0 Å². The standard InChI is InChI=1S/C17H27N7/c1-11(2)15-18-16(21-20-15)13-6-4-5-9-24(13)10-14-19-22-17(23(14)3)12-7-8-12/h11-13H,4-10H2,1-3H3,(H,18,20,21)/t13-/m1/s1. The quantitative estimate of drug-likeness (QED) is 0.912. The molecule has 130 valence electrons. The average molecular weight is 329 g/mol. The highest BCUT2D eigenvalue weighted by molar-refractivity contribution is 5.08. The first-order valence-corrected chi connectivity index (χ1v) is 9.18. The SMILES string of the molecule is CC(C)c1n[nH]c([C@H]2CCCCN2Cc2nnc(C3CC3)n2C)n1. The van der Waals surface area contributed by atoms with Crippen LogP contribution in [0.5, 0.6) is 0 Å². The van der Waals surface area contributed by atoms with Crippen LogP contribution in [-0.2, 0) is 13.6 Å². The van der Waals surface area contributed by atoms with Crippen molar-refractivity contribution in [1.29, 1.82) is 0 Å². The molecule has 1 atom stereocenters. The minimum atomic E-state index is 0.305. The van der Waals surface area contributed by atoms with Crippen molar-refractivity contribution in [3.63, 3.8) is 0 Å². The third kappa shape index (κ3) is 2.97. The van der Waals surface area contributed by atoms with Crippen molar-refractivity contribution in [3.05, 3.63) is 23.3 Å². The van der Waals surface area contributed by atoms with Crippen LogP contribution < -0.4 is 0 Å². The maximum Gasteiger partial charge on any atom is 0.153 e. The van der Waals surface area contributed by atoms with E-state index in [0.29, 0.717) is 17.9 Å². The number of nitrogens with zero attached hydrogens (tertiary/aromatic N) is 6. The molecule has 0 radical (unpaired) electrons. The molecule has 7 heteroatoms. The topological polar surface area (TPSA) is 75.5 Å². The summed E-state index contributed by atoms with van der Waals surface area (Å²) in [4.78, 5) is 7.22. The molecule has 2 aromatic rings. The van der Waals surface area contributed by atoms with Crippen molar-refractivity contribution in [2.24, 2.45) is 7.05 Å². The van der Waals surface area contributed by atoms with Crippen LogP contribution in [0.25, 0.3) is 0 Å². The normalized spacial score (nSPS) is 22.4. The zero-order chi connectivity index (χ0) is 16.7. The number of aromatic amines is 1. The second-order valence-corrected chi connectivity index (χ2v) is 7.52. The van der Waals surface area contributed by atoms with Gasteiger partial charge in [0.2, 0.25) is 0 Å². The van der Waals surface area contributed by atoms with E-state index in [9.17, 15) is 0 Å². The molecule has 2 fully saturated rings. The highest BCUT2D eigenvalue weighted by Gasteiger charge is 2.31. The number of likely N-dealkylation sites (tertiary alicyclic amines) is 1. The molecule has 3 heterocycles. The fourth-order valence-corrected chi connectivity index (χ4v) is 3.58. The second-order valence-electron chi connectivity index (χ2n) is 7.52. The Bertz CT molecular complexity index is 698. The van der Waals surface area contributed by atoms with E-state index < -0.39 is 0 Å². The van der Waals surface area contributed by atoms with E-state index in [4.69, 9.17) is 4.98 Å². The predicted octanol–water partition coefficient (Wildman–Crippen LogP) is 2.66. The number of hydrogen-bond donors (Lipinski definition) is 1. The van der Waals surface area contributed by atoms with Crippen LogP contribution in [0.1, 0.15) is 87.1 Å². The van der Waals surface area contributed by atoms with Crippen LogP contribution in [0.2, 0.25) is 0 Å². The Morgan fingerprint density at radius 2 is 2.00 bits per heavy atom. The zero-order valence-electron chi connectivity index (χ0n) is 14.9. The van der Waals surface area contributed by atoms with Crippen LogP contribution in [0.15, 0.2) is 0 Å². The van der Waals surface area contributed by atoms with Gasteiger partial charge in [0.25, 0.3) is 0 Å². The van der Waals surface area contributed by atoms with Crippen molar-refractivity contribution in [3.8, 4) is 0 Å². The van der Waals surface area contributed by atoms with Gasteiger partial charge in [0, 0.05) is 18.9 Å². The van der Waals surface area contributed by atoms with Crippen LogP contribution in [0.3, 0.4) is 0 Å². The lowest BCUT2D eigenvalue weighted by atomic mass is 10.0. The first-order valence-electron chi connectivity index (χ1n) is 9.18. The molecule has 1 saturated heterocycles. The molecule has 24 heavy (non-hydrogen) atoms. The number of hydrogen-bond acceptors (Lipinski definition) is 5. The third-order valence-electron chi connectivity index (χ3n) is 5.25. The summed E-state index contributed by atoms with van der Waals surface area (Å²) < 4.78 is 2.20. The number of H-pyrrole nitrogens is 1. The summed E-state index contributed by atoms with van der Waals surface area (Å²) in [5.74, 6) is 5.11. The largest absolute Gasteiger partial charge is 0.317 e. The number of piperidine rings is 1. The summed E-state index contributed by atoms with van der Waals surface area (Å²) >= 11 is 0. The Morgan fingerprint density at radius 1 is 1.17 bits per heavy atom. The lowest BCUT2D eigenvalue weighted by Crippen LogP contribution is -2.34. The molecule has 2 aliphatic rings. The molecule has 0 spiro atoms. The predicted molar refractivity (Wildman–Crippen MR) is 90.5 cm³/mol. The number of aromatic nitrogens is 6. The molecule has 2 aromatic heterocycles. The third-order valence-corrected chi connectivity index (χ3v) is 5.25. The molecule has 1 aliphatic carbocycles. The van der Waals surface area contributed by atoms with E-state index in [2.05, 4.69) is 50.8 Å². The first-order chi connectivity index (χ1) is 11.6. The fourth-order valence-electron chi connectivity index (χ4n) is 3.58. The first kappa shape index (κ1) is 15.7. The summed E-state index contributed by atoms with van der Waals surface area (Å²) in [7, 11) is 2.10. The van der Waals surface area contributed by atoms with E-state index in [1.54, 1.807) is 0 Å². The Hall–Kier alpha value is -1.76. The number of nitrogens with one attached hydrogen (secondary N) is 1. The van der Waals surface area contributed by atoms with Gasteiger partial charge in [-0.2, -0.15) is 5.10 Å². The smallest absolute Gasteiger partial charge is 0.153 e. The maximum absolute atomic E-state index is 4.74. The summed E-state index contributed by atoms with van der Waals surface area (Å²) in [6, 6.07) is 0.305. The minimum absolute atomic E-state index is 0.305. The van der Waals surface area contributed by atoms with E-state index in [0.717, 1.165) is 42.8 Å². The van der Waals surface area contributed by atoms with Crippen molar-refractivity contribution in [1.82, 2.24) is 34.8 Å². The molecule has 0 aromatic carbocycles. The van der Waals surface area contributed by atoms with Crippen LogP contribution in [-0.4, -0.2) is 41.4 Å². The summed E-state index contributed by atoms with van der Waals surface area (Å²) in [6.07, 6.45) is 6.11. The van der Waals surface area contributed by atoms with Gasteiger partial charge in [-0.25, -0.2) is 4.98 Å². The summed E-state index contributed by atoms with van der Waals surface area (Å²) in [5.41, 5.74) is 0. The van der Waals surface area contributed by atoms with Gasteiger partial charge in [0.15, 0.2) is 5.82 Å². The zero-order valence-corrected chi connectivity index (χ0v) is 14.9. The highest BCUT2D eigenvalue weighted by atomic mass is 15.3. The van der Waals surface area contributed by atoms with Gasteiger partial charge in [-0.05, 0) is 32.2 Å². The van der Waals surface area contributed by atoms with Gasteiger partial charge in [0.05, 0.1) is 12.6 Å². The molecular formula is C17H27N7. The fraction of sp³-hybridized carbons (Fsp3) is 0.765. The lowest BCUT2D eigenvalue weighted by Gasteiger charge is -2.33. The van der Waals surface area contributed by atoms with E-state index in [1.807, 2.05) is 0 Å². The molecule has 0 unspecified atom stereocenters. The Balaban J connectivity index is 1.53. The average Bonchev–Trinajstić information content (AvgIpc) is 3.17. The van der Waals surface area contributed by atoms with Gasteiger partial charge in [0.1, 0.15) is 17.5 Å². The van der Waals surface area contributed by atoms with Gasteiger partial charge in [-0.15, -0.1) is 10.2 Å². The maximum atomic E-state index is 4.74. The lowest BCUT2D eigenvalue weighted by molar-refractivity contribution is 0.129. The summed E-state index contributed by atoms with van der Waals surface area (Å²) in [6.45, 7) is 6.17. The molecule has 0 bridgehead atoms. The van der Waals surface area contributed by atoms with Gasteiger partial charge in [-0.1, -0.05) is 20.3 Å². The molecular weight excluding hydrogens is 302 g/mol. The molecule has 7 nitrogen and oxygen atoms in total. The van der Waals surface area contributed by atoms with E-state index in [-0.39, 0.29) is 0 Å². The summed E-state index contributed by atoms with van der Waals surface area (Å²) in [5, 5.41) is 16.4.